The number of aromatic amines is 1. The van der Waals surface area contributed by atoms with Crippen molar-refractivity contribution in [1.82, 2.24) is 24.9 Å². The number of aryl methyl sites for hydroxylation is 2. The lowest BCUT2D eigenvalue weighted by atomic mass is 10.0. The molecule has 4 heterocycles. The zero-order chi connectivity index (χ0) is 21.3. The number of nitrogens with zero attached hydrogens (tertiary/aromatic N) is 4. The van der Waals surface area contributed by atoms with Gasteiger partial charge in [-0.05, 0) is 49.9 Å². The van der Waals surface area contributed by atoms with Crippen molar-refractivity contribution < 1.29 is 4.79 Å². The van der Waals surface area contributed by atoms with Gasteiger partial charge >= 0.3 is 0 Å². The van der Waals surface area contributed by atoms with Gasteiger partial charge in [0.2, 0.25) is 0 Å². The Balaban J connectivity index is 1.47. The van der Waals surface area contributed by atoms with Crippen LogP contribution >= 0.6 is 0 Å². The highest BCUT2D eigenvalue weighted by molar-refractivity contribution is 5.92. The lowest BCUT2D eigenvalue weighted by Gasteiger charge is -2.29. The maximum absolute atomic E-state index is 12.0. The molecule has 0 fully saturated rings. The van der Waals surface area contributed by atoms with E-state index in [4.69, 9.17) is 0 Å². The molecule has 0 radical (unpaired) electrons. The number of hydrogen-bond donors (Lipinski definition) is 2. The molecule has 0 unspecified atom stereocenters. The van der Waals surface area contributed by atoms with E-state index >= 15 is 0 Å². The van der Waals surface area contributed by atoms with Crippen LogP contribution in [-0.2, 0) is 12.8 Å². The lowest BCUT2D eigenvalue weighted by Crippen LogP contribution is -2.30. The van der Waals surface area contributed by atoms with Crippen LogP contribution in [0.5, 0.6) is 0 Å². The number of rotatable bonds is 5. The summed E-state index contributed by atoms with van der Waals surface area (Å²) < 4.78 is 1.76. The fourth-order valence-corrected chi connectivity index (χ4v) is 3.87. The molecule has 4 rings (SSSR count). The molecule has 1 amide bonds. The average Bonchev–Trinajstić information content (AvgIpc) is 3.14. The molecule has 3 aromatic heterocycles. The molecule has 1 aliphatic heterocycles. The summed E-state index contributed by atoms with van der Waals surface area (Å²) in [4.78, 5) is 33.3. The first-order chi connectivity index (χ1) is 14.5. The fourth-order valence-electron chi connectivity index (χ4n) is 3.87. The monoisotopic (exact) mass is 406 g/mol. The molecule has 0 aliphatic carbocycles. The molecular weight excluding hydrogens is 380 g/mol. The fraction of sp³-hybridized carbons (Fsp3) is 0.364. The number of carbonyl (C=O) groups excluding carboxylic acids is 1. The van der Waals surface area contributed by atoms with Crippen molar-refractivity contribution in [2.45, 2.75) is 33.1 Å². The van der Waals surface area contributed by atoms with Gasteiger partial charge < -0.3 is 15.2 Å². The van der Waals surface area contributed by atoms with Crippen LogP contribution in [0.3, 0.4) is 0 Å². The number of anilines is 1. The SMILES string of the molecule is CCc1nn2cc(CC3=CCN(c4ccc(C(=O)NC)nc4C)CC3)cc2[nH]c1=O. The number of amides is 1. The van der Waals surface area contributed by atoms with Gasteiger partial charge in [0.15, 0.2) is 0 Å². The topological polar surface area (TPSA) is 95.4 Å². The van der Waals surface area contributed by atoms with E-state index < -0.39 is 0 Å². The van der Waals surface area contributed by atoms with Gasteiger partial charge in [0, 0.05) is 26.3 Å². The van der Waals surface area contributed by atoms with Crippen LogP contribution in [-0.4, -0.2) is 45.6 Å². The minimum absolute atomic E-state index is 0.117. The van der Waals surface area contributed by atoms with Crippen LogP contribution in [0.2, 0.25) is 0 Å². The molecule has 3 aromatic rings. The molecule has 0 bridgehead atoms. The van der Waals surface area contributed by atoms with E-state index in [-0.39, 0.29) is 11.5 Å². The standard InChI is InChI=1S/C22H26N6O2/c1-4-17-22(30)25-20-12-16(13-28(20)26-17)11-15-7-9-27(10-8-15)19-6-5-18(21(29)23-3)24-14(19)2/h5-7,12-13H,4,8-11H2,1-3H3,(H,23,29)(H,25,30). The molecular formula is C22H26N6O2. The zero-order valence-corrected chi connectivity index (χ0v) is 17.5. The number of fused-ring (bicyclic) bond motifs is 1. The third kappa shape index (κ3) is 3.85. The lowest BCUT2D eigenvalue weighted by molar-refractivity contribution is 0.0958. The van der Waals surface area contributed by atoms with Crippen molar-refractivity contribution in [2.24, 2.45) is 0 Å². The number of H-pyrrole nitrogens is 1. The van der Waals surface area contributed by atoms with E-state index in [1.807, 2.05) is 32.2 Å². The Morgan fingerprint density at radius 2 is 2.17 bits per heavy atom. The Kier molecular flexibility index (Phi) is 5.39. The third-order valence-electron chi connectivity index (χ3n) is 5.52. The minimum atomic E-state index is -0.174. The van der Waals surface area contributed by atoms with E-state index in [0.29, 0.717) is 17.8 Å². The van der Waals surface area contributed by atoms with Gasteiger partial charge in [-0.3, -0.25) is 9.59 Å². The van der Waals surface area contributed by atoms with Crippen LogP contribution in [0, 0.1) is 6.92 Å². The van der Waals surface area contributed by atoms with Gasteiger partial charge in [-0.25, -0.2) is 9.50 Å². The number of hydrogen-bond acceptors (Lipinski definition) is 5. The number of carbonyl (C=O) groups is 1. The predicted octanol–water partition coefficient (Wildman–Crippen LogP) is 2.03. The molecule has 0 saturated heterocycles. The van der Waals surface area contributed by atoms with Crippen molar-refractivity contribution in [2.75, 3.05) is 25.0 Å². The van der Waals surface area contributed by atoms with Crippen molar-refractivity contribution >= 4 is 17.2 Å². The molecule has 0 spiro atoms. The Hall–Kier alpha value is -3.42. The number of pyridine rings is 1. The van der Waals surface area contributed by atoms with Gasteiger partial charge in [-0.1, -0.05) is 18.6 Å². The highest BCUT2D eigenvalue weighted by Crippen LogP contribution is 2.24. The van der Waals surface area contributed by atoms with Crippen molar-refractivity contribution in [3.8, 4) is 0 Å². The second-order valence-corrected chi connectivity index (χ2v) is 7.55. The highest BCUT2D eigenvalue weighted by Gasteiger charge is 2.17. The predicted molar refractivity (Wildman–Crippen MR) is 116 cm³/mol. The van der Waals surface area contributed by atoms with Gasteiger partial charge in [0.1, 0.15) is 17.0 Å². The molecule has 0 saturated carbocycles. The third-order valence-corrected chi connectivity index (χ3v) is 5.52. The Labute approximate surface area is 174 Å². The Morgan fingerprint density at radius 1 is 1.33 bits per heavy atom. The Bertz CT molecular complexity index is 1190. The largest absolute Gasteiger partial charge is 0.366 e. The van der Waals surface area contributed by atoms with Gasteiger partial charge in [-0.15, -0.1) is 0 Å². The van der Waals surface area contributed by atoms with Crippen molar-refractivity contribution in [3.63, 3.8) is 0 Å². The summed E-state index contributed by atoms with van der Waals surface area (Å²) in [6.07, 6.45) is 6.65. The number of aromatic nitrogens is 4. The second-order valence-electron chi connectivity index (χ2n) is 7.55. The van der Waals surface area contributed by atoms with Crippen LogP contribution in [0.15, 0.2) is 40.8 Å². The van der Waals surface area contributed by atoms with Crippen molar-refractivity contribution in [1.29, 1.82) is 0 Å². The van der Waals surface area contributed by atoms with Gasteiger partial charge in [0.05, 0.1) is 11.4 Å². The molecule has 2 N–H and O–H groups in total. The summed E-state index contributed by atoms with van der Waals surface area (Å²) in [6, 6.07) is 5.73. The van der Waals surface area contributed by atoms with Crippen LogP contribution in [0.4, 0.5) is 5.69 Å². The second kappa shape index (κ2) is 8.14. The van der Waals surface area contributed by atoms with Crippen LogP contribution in [0.25, 0.3) is 5.65 Å². The maximum Gasteiger partial charge on any atom is 0.273 e. The van der Waals surface area contributed by atoms with E-state index in [9.17, 15) is 9.59 Å². The summed E-state index contributed by atoms with van der Waals surface area (Å²) in [7, 11) is 1.61. The highest BCUT2D eigenvalue weighted by atomic mass is 16.1. The summed E-state index contributed by atoms with van der Waals surface area (Å²) in [6.45, 7) is 5.57. The van der Waals surface area contributed by atoms with E-state index in [1.54, 1.807) is 17.6 Å². The molecule has 156 valence electrons. The van der Waals surface area contributed by atoms with Crippen LogP contribution in [0.1, 0.15) is 40.8 Å². The molecule has 8 nitrogen and oxygen atoms in total. The first-order valence-electron chi connectivity index (χ1n) is 10.2. The molecule has 0 atom stereocenters. The van der Waals surface area contributed by atoms with E-state index in [0.717, 1.165) is 48.5 Å². The summed E-state index contributed by atoms with van der Waals surface area (Å²) >= 11 is 0. The molecule has 1 aliphatic rings. The maximum atomic E-state index is 12.0. The van der Waals surface area contributed by atoms with Gasteiger partial charge in [0.25, 0.3) is 11.5 Å². The van der Waals surface area contributed by atoms with E-state index in [2.05, 4.69) is 31.4 Å². The van der Waals surface area contributed by atoms with Gasteiger partial charge in [-0.2, -0.15) is 5.10 Å². The minimum Gasteiger partial charge on any atom is -0.366 e. The summed E-state index contributed by atoms with van der Waals surface area (Å²) in [5.74, 6) is -0.174. The quantitative estimate of drug-likeness (QED) is 0.632. The van der Waals surface area contributed by atoms with Crippen molar-refractivity contribution in [3.05, 3.63) is 69.0 Å². The number of nitrogens with one attached hydrogen (secondary N) is 2. The van der Waals surface area contributed by atoms with Crippen LogP contribution < -0.4 is 15.8 Å². The molecule has 0 aromatic carbocycles. The Morgan fingerprint density at radius 3 is 2.83 bits per heavy atom. The smallest absolute Gasteiger partial charge is 0.273 e. The summed E-state index contributed by atoms with van der Waals surface area (Å²) in [5, 5.41) is 7.01. The summed E-state index contributed by atoms with van der Waals surface area (Å²) in [5.41, 5.74) is 6.01. The first-order valence-corrected chi connectivity index (χ1v) is 10.2. The zero-order valence-electron chi connectivity index (χ0n) is 17.5. The molecule has 30 heavy (non-hydrogen) atoms. The van der Waals surface area contributed by atoms with E-state index in [1.165, 1.54) is 5.57 Å². The first kappa shape index (κ1) is 19.9. The molecule has 8 heteroatoms. The normalized spacial score (nSPS) is 14.1. The average molecular weight is 406 g/mol.